The van der Waals surface area contributed by atoms with Crippen LogP contribution in [0.25, 0.3) is 0 Å². The molecule has 0 aliphatic rings. The molecule has 1 aromatic rings. The van der Waals surface area contributed by atoms with E-state index in [4.69, 9.17) is 4.74 Å². The lowest BCUT2D eigenvalue weighted by molar-refractivity contribution is 0.135. The predicted molar refractivity (Wildman–Crippen MR) is 85.8 cm³/mol. The zero-order valence-corrected chi connectivity index (χ0v) is 13.8. The van der Waals surface area contributed by atoms with Crippen LogP contribution in [-0.4, -0.2) is 38.3 Å². The van der Waals surface area contributed by atoms with Gasteiger partial charge in [0.1, 0.15) is 5.82 Å². The van der Waals surface area contributed by atoms with Crippen LogP contribution >= 0.6 is 0 Å². The van der Waals surface area contributed by atoms with Crippen molar-refractivity contribution in [2.75, 3.05) is 33.4 Å². The monoisotopic (exact) mass is 296 g/mol. The smallest absolute Gasteiger partial charge is 0.127 e. The van der Waals surface area contributed by atoms with E-state index in [1.54, 1.807) is 13.2 Å². The summed E-state index contributed by atoms with van der Waals surface area (Å²) in [6, 6.07) is 5.40. The second kappa shape index (κ2) is 9.87. The van der Waals surface area contributed by atoms with E-state index in [0.29, 0.717) is 19.1 Å². The van der Waals surface area contributed by atoms with Crippen molar-refractivity contribution in [1.29, 1.82) is 0 Å². The molecule has 0 atom stereocenters. The fraction of sp³-hybridized carbons (Fsp3) is 0.647. The molecule has 120 valence electrons. The fourth-order valence-corrected chi connectivity index (χ4v) is 2.34. The Bertz CT molecular complexity index is 410. The number of hydrogen-bond acceptors (Lipinski definition) is 3. The molecule has 0 fully saturated rings. The molecular weight excluding hydrogens is 267 g/mol. The Kier molecular flexibility index (Phi) is 8.50. The van der Waals surface area contributed by atoms with Crippen LogP contribution in [0.1, 0.15) is 31.9 Å². The molecule has 0 unspecified atom stereocenters. The summed E-state index contributed by atoms with van der Waals surface area (Å²) in [6.45, 7) is 11.2. The van der Waals surface area contributed by atoms with Gasteiger partial charge in [0, 0.05) is 38.9 Å². The SMILES string of the molecule is CCNCc1ccc(F)c(CN(CCOC)CC(C)C)c1. The van der Waals surface area contributed by atoms with Crippen molar-refractivity contribution in [3.8, 4) is 0 Å². The molecule has 1 N–H and O–H groups in total. The van der Waals surface area contributed by atoms with Gasteiger partial charge in [0.25, 0.3) is 0 Å². The van der Waals surface area contributed by atoms with E-state index in [9.17, 15) is 4.39 Å². The molecule has 0 saturated heterocycles. The molecule has 0 aliphatic heterocycles. The minimum atomic E-state index is -0.124. The lowest BCUT2D eigenvalue weighted by atomic mass is 10.1. The van der Waals surface area contributed by atoms with Crippen molar-refractivity contribution in [1.82, 2.24) is 10.2 Å². The first-order chi connectivity index (χ1) is 10.1. The predicted octanol–water partition coefficient (Wildman–Crippen LogP) is 3.04. The summed E-state index contributed by atoms with van der Waals surface area (Å²) < 4.78 is 19.2. The fourth-order valence-electron chi connectivity index (χ4n) is 2.34. The van der Waals surface area contributed by atoms with E-state index in [-0.39, 0.29) is 5.82 Å². The molecule has 21 heavy (non-hydrogen) atoms. The van der Waals surface area contributed by atoms with Crippen molar-refractivity contribution in [3.05, 3.63) is 35.1 Å². The van der Waals surface area contributed by atoms with Gasteiger partial charge in [-0.3, -0.25) is 4.90 Å². The van der Waals surface area contributed by atoms with E-state index in [2.05, 4.69) is 31.0 Å². The number of methoxy groups -OCH3 is 1. The Morgan fingerprint density at radius 1 is 1.33 bits per heavy atom. The van der Waals surface area contributed by atoms with E-state index in [1.807, 2.05) is 12.1 Å². The molecule has 0 radical (unpaired) electrons. The van der Waals surface area contributed by atoms with Gasteiger partial charge in [0.2, 0.25) is 0 Å². The van der Waals surface area contributed by atoms with Gasteiger partial charge < -0.3 is 10.1 Å². The molecule has 1 rings (SSSR count). The minimum absolute atomic E-state index is 0.124. The molecule has 0 spiro atoms. The van der Waals surface area contributed by atoms with Gasteiger partial charge in [0.05, 0.1) is 6.61 Å². The number of nitrogens with zero attached hydrogens (tertiary/aromatic N) is 1. The van der Waals surface area contributed by atoms with Gasteiger partial charge in [0.15, 0.2) is 0 Å². The van der Waals surface area contributed by atoms with Crippen LogP contribution in [0.5, 0.6) is 0 Å². The maximum Gasteiger partial charge on any atom is 0.127 e. The van der Waals surface area contributed by atoms with Gasteiger partial charge in [-0.15, -0.1) is 0 Å². The van der Waals surface area contributed by atoms with Crippen molar-refractivity contribution >= 4 is 0 Å². The topological polar surface area (TPSA) is 24.5 Å². The first-order valence-electron chi connectivity index (χ1n) is 7.76. The average Bonchev–Trinajstić information content (AvgIpc) is 2.45. The molecule has 1 aromatic carbocycles. The zero-order chi connectivity index (χ0) is 15.7. The van der Waals surface area contributed by atoms with Crippen molar-refractivity contribution in [2.24, 2.45) is 5.92 Å². The first kappa shape index (κ1) is 18.1. The third-order valence-electron chi connectivity index (χ3n) is 3.32. The second-order valence-electron chi connectivity index (χ2n) is 5.83. The Balaban J connectivity index is 2.75. The number of benzene rings is 1. The second-order valence-corrected chi connectivity index (χ2v) is 5.83. The Morgan fingerprint density at radius 2 is 2.10 bits per heavy atom. The van der Waals surface area contributed by atoms with Gasteiger partial charge in [-0.25, -0.2) is 4.39 Å². The van der Waals surface area contributed by atoms with Crippen LogP contribution in [0.15, 0.2) is 18.2 Å². The Morgan fingerprint density at radius 3 is 2.71 bits per heavy atom. The summed E-state index contributed by atoms with van der Waals surface area (Å²) in [5.74, 6) is 0.427. The van der Waals surface area contributed by atoms with Gasteiger partial charge in [-0.1, -0.05) is 32.9 Å². The molecular formula is C17H29FN2O. The number of rotatable bonds is 10. The maximum absolute atomic E-state index is 14.0. The summed E-state index contributed by atoms with van der Waals surface area (Å²) in [7, 11) is 1.70. The Hall–Kier alpha value is -0.970. The molecule has 0 aliphatic carbocycles. The number of ether oxygens (including phenoxy) is 1. The summed E-state index contributed by atoms with van der Waals surface area (Å²) in [4.78, 5) is 2.25. The summed E-state index contributed by atoms with van der Waals surface area (Å²) in [5.41, 5.74) is 1.90. The van der Waals surface area contributed by atoms with Gasteiger partial charge in [-0.2, -0.15) is 0 Å². The van der Waals surface area contributed by atoms with Gasteiger partial charge in [-0.05, 0) is 24.1 Å². The number of nitrogens with one attached hydrogen (secondary N) is 1. The molecule has 3 nitrogen and oxygen atoms in total. The van der Waals surface area contributed by atoms with E-state index < -0.39 is 0 Å². The quantitative estimate of drug-likeness (QED) is 0.718. The largest absolute Gasteiger partial charge is 0.383 e. The highest BCUT2D eigenvalue weighted by Crippen LogP contribution is 2.14. The molecule has 0 amide bonds. The van der Waals surface area contributed by atoms with Crippen molar-refractivity contribution in [2.45, 2.75) is 33.9 Å². The minimum Gasteiger partial charge on any atom is -0.383 e. The molecule has 0 saturated carbocycles. The van der Waals surface area contributed by atoms with Crippen LogP contribution in [0.4, 0.5) is 4.39 Å². The van der Waals surface area contributed by atoms with E-state index >= 15 is 0 Å². The third-order valence-corrected chi connectivity index (χ3v) is 3.32. The van der Waals surface area contributed by atoms with Crippen molar-refractivity contribution < 1.29 is 9.13 Å². The highest BCUT2D eigenvalue weighted by molar-refractivity contribution is 5.25. The zero-order valence-electron chi connectivity index (χ0n) is 13.8. The van der Waals surface area contributed by atoms with Crippen molar-refractivity contribution in [3.63, 3.8) is 0 Å². The summed E-state index contributed by atoms with van der Waals surface area (Å²) in [6.07, 6.45) is 0. The van der Waals surface area contributed by atoms with Crippen LogP contribution in [0.2, 0.25) is 0 Å². The normalized spacial score (nSPS) is 11.6. The summed E-state index contributed by atoms with van der Waals surface area (Å²) in [5, 5.41) is 3.27. The highest BCUT2D eigenvalue weighted by Gasteiger charge is 2.11. The maximum atomic E-state index is 14.0. The first-order valence-corrected chi connectivity index (χ1v) is 7.76. The molecule has 4 heteroatoms. The van der Waals surface area contributed by atoms with Crippen LogP contribution in [-0.2, 0) is 17.8 Å². The van der Waals surface area contributed by atoms with Crippen LogP contribution < -0.4 is 5.32 Å². The summed E-state index contributed by atoms with van der Waals surface area (Å²) >= 11 is 0. The third kappa shape index (κ3) is 7.02. The standard InChI is InChI=1S/C17H29FN2O/c1-5-19-11-15-6-7-17(18)16(10-15)13-20(8-9-21-4)12-14(2)3/h6-7,10,14,19H,5,8-9,11-13H2,1-4H3. The van der Waals surface area contributed by atoms with Crippen LogP contribution in [0.3, 0.4) is 0 Å². The number of hydrogen-bond donors (Lipinski definition) is 1. The van der Waals surface area contributed by atoms with Gasteiger partial charge >= 0.3 is 0 Å². The average molecular weight is 296 g/mol. The van der Waals surface area contributed by atoms with E-state index in [1.165, 1.54) is 0 Å². The molecule has 0 heterocycles. The van der Waals surface area contributed by atoms with Crippen LogP contribution in [0, 0.1) is 11.7 Å². The van der Waals surface area contributed by atoms with E-state index in [0.717, 1.165) is 37.3 Å². The molecule has 0 bridgehead atoms. The lowest BCUT2D eigenvalue weighted by Gasteiger charge is -2.24. The highest BCUT2D eigenvalue weighted by atomic mass is 19.1. The Labute approximate surface area is 128 Å². The lowest BCUT2D eigenvalue weighted by Crippen LogP contribution is -2.31. The molecule has 0 aromatic heterocycles. The number of halogens is 1.